The molecule has 2 atom stereocenters. The van der Waals surface area contributed by atoms with Crippen molar-refractivity contribution < 1.29 is 19.4 Å². The third-order valence-corrected chi connectivity index (χ3v) is 14.7. The maximum absolute atomic E-state index is 13.9. The van der Waals surface area contributed by atoms with Gasteiger partial charge in [0.1, 0.15) is 6.61 Å². The van der Waals surface area contributed by atoms with Crippen molar-refractivity contribution in [2.45, 2.75) is 96.0 Å². The Morgan fingerprint density at radius 2 is 0.870 bits per heavy atom. The van der Waals surface area contributed by atoms with Gasteiger partial charge >= 0.3 is 0 Å². The smallest absolute Gasteiger partial charge is 0.274 e. The molecule has 69 heavy (non-hydrogen) atoms. The van der Waals surface area contributed by atoms with Crippen LogP contribution >= 0.6 is 0 Å². The molecule has 0 fully saturated rings. The van der Waals surface area contributed by atoms with Crippen molar-refractivity contribution >= 4 is 11.8 Å². The molecule has 4 heterocycles. The Hall–Kier alpha value is -7.46. The predicted octanol–water partition coefficient (Wildman–Crippen LogP) is 9.65. The number of aromatic nitrogens is 2. The highest BCUT2D eigenvalue weighted by molar-refractivity contribution is 5.97. The van der Waals surface area contributed by atoms with Gasteiger partial charge < -0.3 is 28.8 Å². The predicted molar refractivity (Wildman–Crippen MR) is 269 cm³/mol. The molecule has 4 aliphatic rings. The molecule has 0 saturated heterocycles. The number of carbonyl (C=O) groups is 2. The van der Waals surface area contributed by atoms with Crippen LogP contribution in [-0.2, 0) is 32.3 Å². The quantitative estimate of drug-likeness (QED) is 0.171. The fourth-order valence-corrected chi connectivity index (χ4v) is 11.3. The average Bonchev–Trinajstić information content (AvgIpc) is 3.64. The van der Waals surface area contributed by atoms with Crippen LogP contribution in [0.5, 0.6) is 11.5 Å². The second-order valence-electron chi connectivity index (χ2n) is 19.3. The van der Waals surface area contributed by atoms with E-state index in [1.165, 1.54) is 50.6 Å². The minimum Gasteiger partial charge on any atom is -0.503 e. The normalized spacial score (nSPS) is 17.6. The van der Waals surface area contributed by atoms with E-state index in [1.807, 2.05) is 72.1 Å². The van der Waals surface area contributed by atoms with Crippen LogP contribution in [0.25, 0.3) is 0 Å². The summed E-state index contributed by atoms with van der Waals surface area (Å²) >= 11 is 0. The molecule has 5 aromatic carbocycles. The monoisotopic (exact) mass is 918 g/mol. The van der Waals surface area contributed by atoms with Crippen LogP contribution in [0.2, 0.25) is 0 Å². The molecular formula is C59H58N4O6. The van der Waals surface area contributed by atoms with Crippen LogP contribution in [-0.4, -0.2) is 61.0 Å². The number of hydrogen-bond acceptors (Lipinski definition) is 6. The van der Waals surface area contributed by atoms with Crippen molar-refractivity contribution in [3.63, 3.8) is 0 Å². The second kappa shape index (κ2) is 18.9. The number of hydrogen-bond donors (Lipinski definition) is 1. The van der Waals surface area contributed by atoms with Gasteiger partial charge in [-0.1, -0.05) is 127 Å². The molecule has 2 aliphatic carbocycles. The summed E-state index contributed by atoms with van der Waals surface area (Å²) in [5.74, 6) is -0.749. The number of carbonyl (C=O) groups excluding carboxylic acids is 2. The number of fused-ring (bicyclic) bond motifs is 6. The lowest BCUT2D eigenvalue weighted by Gasteiger charge is -2.42. The van der Waals surface area contributed by atoms with E-state index in [2.05, 4.69) is 97.1 Å². The first kappa shape index (κ1) is 45.3. The average molecular weight is 919 g/mol. The van der Waals surface area contributed by atoms with Crippen LogP contribution < -0.4 is 15.6 Å². The molecule has 0 unspecified atom stereocenters. The van der Waals surface area contributed by atoms with Crippen molar-refractivity contribution in [2.75, 3.05) is 13.1 Å². The Morgan fingerprint density at radius 1 is 0.493 bits per heavy atom. The summed E-state index contributed by atoms with van der Waals surface area (Å²) in [7, 11) is 0. The lowest BCUT2D eigenvalue weighted by molar-refractivity contribution is 0.0578. The number of ether oxygens (including phenoxy) is 1. The summed E-state index contributed by atoms with van der Waals surface area (Å²) in [4.78, 5) is 56.2. The van der Waals surface area contributed by atoms with Gasteiger partial charge in [0, 0.05) is 61.5 Å². The highest BCUT2D eigenvalue weighted by Crippen LogP contribution is 2.46. The molecule has 0 radical (unpaired) electrons. The van der Waals surface area contributed by atoms with E-state index in [4.69, 9.17) is 4.74 Å². The highest BCUT2D eigenvalue weighted by Gasteiger charge is 2.43. The van der Waals surface area contributed by atoms with Crippen LogP contribution in [0.3, 0.4) is 0 Å². The Kier molecular flexibility index (Phi) is 12.4. The third-order valence-electron chi connectivity index (χ3n) is 14.7. The van der Waals surface area contributed by atoms with Crippen molar-refractivity contribution in [1.82, 2.24) is 18.9 Å². The number of benzene rings is 5. The minimum absolute atomic E-state index is 0.00454. The van der Waals surface area contributed by atoms with E-state index in [0.29, 0.717) is 18.8 Å². The van der Waals surface area contributed by atoms with Gasteiger partial charge in [-0.05, 0) is 103 Å². The lowest BCUT2D eigenvalue weighted by Crippen LogP contribution is -2.49. The van der Waals surface area contributed by atoms with E-state index in [-0.39, 0.29) is 71.3 Å². The fraction of sp³-hybridized carbons (Fsp3) is 0.288. The summed E-state index contributed by atoms with van der Waals surface area (Å²) in [6, 6.07) is 46.7. The van der Waals surface area contributed by atoms with Gasteiger partial charge in [-0.3, -0.25) is 19.2 Å². The molecule has 0 saturated carbocycles. The molecule has 2 aliphatic heterocycles. The van der Waals surface area contributed by atoms with Gasteiger partial charge in [0.05, 0.1) is 12.1 Å². The van der Waals surface area contributed by atoms with E-state index >= 15 is 0 Å². The largest absolute Gasteiger partial charge is 0.503 e. The number of aryl methyl sites for hydroxylation is 4. The summed E-state index contributed by atoms with van der Waals surface area (Å²) < 4.78 is 9.99. The van der Waals surface area contributed by atoms with Crippen LogP contribution in [0.1, 0.15) is 123 Å². The maximum Gasteiger partial charge on any atom is 0.274 e. The summed E-state index contributed by atoms with van der Waals surface area (Å²) in [6.45, 7) is 9.30. The Bertz CT molecular complexity index is 3100. The Labute approximate surface area is 403 Å². The van der Waals surface area contributed by atoms with Gasteiger partial charge in [-0.2, -0.15) is 0 Å². The van der Waals surface area contributed by atoms with Crippen LogP contribution in [0.4, 0.5) is 0 Å². The molecule has 2 aromatic heterocycles. The Morgan fingerprint density at radius 3 is 1.30 bits per heavy atom. The van der Waals surface area contributed by atoms with Crippen LogP contribution in [0.15, 0.2) is 162 Å². The van der Waals surface area contributed by atoms with E-state index in [0.717, 1.165) is 31.2 Å². The number of rotatable bonds is 7. The van der Waals surface area contributed by atoms with Crippen molar-refractivity contribution in [3.8, 4) is 11.5 Å². The van der Waals surface area contributed by atoms with Crippen LogP contribution in [0, 0.1) is 0 Å². The zero-order valence-electron chi connectivity index (χ0n) is 39.6. The summed E-state index contributed by atoms with van der Waals surface area (Å²) in [5.41, 5.74) is 11.0. The van der Waals surface area contributed by atoms with Gasteiger partial charge in [0.25, 0.3) is 11.8 Å². The molecule has 0 bridgehead atoms. The molecule has 0 spiro atoms. The van der Waals surface area contributed by atoms with Gasteiger partial charge in [0.2, 0.25) is 10.9 Å². The topological polar surface area (TPSA) is 114 Å². The number of aromatic hydroxyl groups is 1. The summed E-state index contributed by atoms with van der Waals surface area (Å²) in [5, 5.41) is 10.6. The fourth-order valence-electron chi connectivity index (χ4n) is 11.3. The highest BCUT2D eigenvalue weighted by atomic mass is 16.5. The third kappa shape index (κ3) is 8.36. The lowest BCUT2D eigenvalue weighted by atomic mass is 9.81. The van der Waals surface area contributed by atoms with E-state index in [1.54, 1.807) is 23.4 Å². The zero-order chi connectivity index (χ0) is 47.9. The van der Waals surface area contributed by atoms with Gasteiger partial charge in [0.15, 0.2) is 22.9 Å². The van der Waals surface area contributed by atoms with Crippen molar-refractivity contribution in [1.29, 1.82) is 0 Å². The molecule has 10 nitrogen and oxygen atoms in total. The molecule has 11 rings (SSSR count). The van der Waals surface area contributed by atoms with E-state index in [9.17, 15) is 24.3 Å². The van der Waals surface area contributed by atoms with Crippen molar-refractivity contribution in [3.05, 3.63) is 234 Å². The van der Waals surface area contributed by atoms with Crippen molar-refractivity contribution in [2.24, 2.45) is 0 Å². The first-order valence-electron chi connectivity index (χ1n) is 24.3. The van der Waals surface area contributed by atoms with Gasteiger partial charge in [-0.15, -0.1) is 0 Å². The molecule has 350 valence electrons. The number of amides is 2. The van der Waals surface area contributed by atoms with Gasteiger partial charge in [-0.25, -0.2) is 0 Å². The number of pyridine rings is 2. The number of nitrogens with zero attached hydrogens (tertiary/aromatic N) is 4. The first-order valence-corrected chi connectivity index (χ1v) is 24.3. The molecular weight excluding hydrogens is 861 g/mol. The molecule has 10 heteroatoms. The zero-order valence-corrected chi connectivity index (χ0v) is 39.6. The molecule has 2 amide bonds. The minimum atomic E-state index is -0.523. The van der Waals surface area contributed by atoms with E-state index < -0.39 is 11.2 Å². The second-order valence-corrected chi connectivity index (χ2v) is 19.3. The maximum atomic E-state index is 13.9. The SMILES string of the molecule is CC(C)N1C[C@H](C2c3ccccc3CCc3ccccc32)n2ccc(=O)c(O)c2C1=O.CC(C)N1C[C@H](C2c3ccccc3CCc3ccccc32)n2ccc(=O)c(OCc3ccccc3)c2C1=O. The molecule has 7 aromatic rings. The molecule has 1 N–H and O–H groups in total. The standard InChI is InChI=1S/C33H32N2O3.C26H26N2O3/c1-22(2)35-20-28(30-26-14-8-6-12-24(26)16-17-25-13-7-9-15-27(25)30)34-19-18-29(36)32(31(34)33(35)37)38-21-23-10-4-3-5-11-23;1-16(2)28-15-21(27-14-13-22(29)25(30)24(27)26(28)31)23-19-9-5-3-7-17(19)11-12-18-8-4-6-10-20(18)23/h3-15,18-19,22,28,30H,16-17,20-21H2,1-2H3;3-10,13-14,16,21,23,30H,11-12,15H2,1-2H3/t28-;21-/m11/s1. The first-order chi connectivity index (χ1) is 33.5. The summed E-state index contributed by atoms with van der Waals surface area (Å²) in [6.07, 6.45) is 7.35. The Balaban J connectivity index is 0.000000164.